The molecular formula is C9H17N5O3. The Balaban J connectivity index is 2.00. The Morgan fingerprint density at radius 3 is 3.18 bits per heavy atom. The second kappa shape index (κ2) is 5.28. The van der Waals surface area contributed by atoms with Gasteiger partial charge in [0.15, 0.2) is 5.03 Å². The summed E-state index contributed by atoms with van der Waals surface area (Å²) < 4.78 is 5.53. The summed E-state index contributed by atoms with van der Waals surface area (Å²) in [4.78, 5) is 14.3. The third kappa shape index (κ3) is 3.27. The molecule has 2 aliphatic rings. The van der Waals surface area contributed by atoms with Gasteiger partial charge in [-0.2, -0.15) is 0 Å². The molecule has 2 fully saturated rings. The van der Waals surface area contributed by atoms with Crippen molar-refractivity contribution in [3.63, 3.8) is 0 Å². The molecule has 0 amide bonds. The first-order chi connectivity index (χ1) is 8.15. The first-order valence-electron chi connectivity index (χ1n) is 5.67. The van der Waals surface area contributed by atoms with E-state index in [9.17, 15) is 10.1 Å². The van der Waals surface area contributed by atoms with Crippen LogP contribution in [0.4, 0.5) is 0 Å². The number of ether oxygens (including phenoxy) is 1. The van der Waals surface area contributed by atoms with E-state index >= 15 is 0 Å². The van der Waals surface area contributed by atoms with Gasteiger partial charge in [0.1, 0.15) is 5.10 Å². The Labute approximate surface area is 99.3 Å². The smallest absolute Gasteiger partial charge is 0.273 e. The van der Waals surface area contributed by atoms with Crippen LogP contribution in [0.2, 0.25) is 0 Å². The number of hydrogen-bond donors (Lipinski definition) is 1. The molecule has 96 valence electrons. The predicted octanol–water partition coefficient (Wildman–Crippen LogP) is -0.535. The minimum atomic E-state index is -0.670. The van der Waals surface area contributed by atoms with Crippen molar-refractivity contribution in [2.45, 2.75) is 18.9 Å². The highest BCUT2D eigenvalue weighted by molar-refractivity contribution is 5.79. The van der Waals surface area contributed by atoms with Crippen molar-refractivity contribution in [3.8, 4) is 0 Å². The van der Waals surface area contributed by atoms with Gasteiger partial charge < -0.3 is 15.0 Å². The Kier molecular flexibility index (Phi) is 3.75. The summed E-state index contributed by atoms with van der Waals surface area (Å²) in [6.07, 6.45) is 2.22. The number of nitrogens with zero attached hydrogens (tertiary/aromatic N) is 4. The highest BCUT2D eigenvalue weighted by Gasteiger charge is 2.26. The van der Waals surface area contributed by atoms with Gasteiger partial charge in [-0.25, -0.2) is 10.1 Å². The van der Waals surface area contributed by atoms with Crippen LogP contribution in [0.15, 0.2) is 5.10 Å². The molecule has 17 heavy (non-hydrogen) atoms. The number of nitrogens with one attached hydrogen (secondary N) is 1. The van der Waals surface area contributed by atoms with Gasteiger partial charge in [-0.05, 0) is 19.9 Å². The van der Waals surface area contributed by atoms with E-state index in [4.69, 9.17) is 4.74 Å². The fourth-order valence-electron chi connectivity index (χ4n) is 2.08. The van der Waals surface area contributed by atoms with Gasteiger partial charge in [0, 0.05) is 13.2 Å². The summed E-state index contributed by atoms with van der Waals surface area (Å²) >= 11 is 0. The Bertz CT molecular complexity index is 316. The minimum Gasteiger partial charge on any atom is -0.376 e. The van der Waals surface area contributed by atoms with E-state index in [-0.39, 0.29) is 6.10 Å². The standard InChI is InChI=1S/C9H17N5O3/c1-12-6-10-9(11-14(15)16)13(7-12)5-8-3-2-4-17-8/h8H,2-7H2,1H3,(H,10,11). The lowest BCUT2D eigenvalue weighted by Crippen LogP contribution is -2.57. The predicted molar refractivity (Wildman–Crippen MR) is 60.7 cm³/mol. The van der Waals surface area contributed by atoms with Crippen molar-refractivity contribution in [1.29, 1.82) is 0 Å². The van der Waals surface area contributed by atoms with E-state index in [1.54, 1.807) is 0 Å². The summed E-state index contributed by atoms with van der Waals surface area (Å²) in [6.45, 7) is 2.61. The average Bonchev–Trinajstić information content (AvgIpc) is 2.74. The molecule has 2 heterocycles. The van der Waals surface area contributed by atoms with Crippen LogP contribution in [0.3, 0.4) is 0 Å². The van der Waals surface area contributed by atoms with Crippen LogP contribution in [0, 0.1) is 10.1 Å². The van der Waals surface area contributed by atoms with E-state index in [2.05, 4.69) is 10.4 Å². The van der Waals surface area contributed by atoms with Crippen molar-refractivity contribution < 1.29 is 9.77 Å². The number of rotatable bonds is 3. The third-order valence-corrected chi connectivity index (χ3v) is 2.84. The normalized spacial score (nSPS) is 28.4. The lowest BCUT2D eigenvalue weighted by atomic mass is 10.2. The first kappa shape index (κ1) is 12.1. The number of hydrazone groups is 1. The molecule has 0 aromatic rings. The van der Waals surface area contributed by atoms with Crippen molar-refractivity contribution in [3.05, 3.63) is 10.1 Å². The molecule has 0 aromatic carbocycles. The monoisotopic (exact) mass is 243 g/mol. The van der Waals surface area contributed by atoms with Crippen LogP contribution in [0.5, 0.6) is 0 Å². The molecule has 2 saturated heterocycles. The number of nitro groups is 1. The molecule has 8 heteroatoms. The van der Waals surface area contributed by atoms with E-state index < -0.39 is 5.03 Å². The van der Waals surface area contributed by atoms with Crippen molar-refractivity contribution in [2.75, 3.05) is 33.5 Å². The second-order valence-electron chi connectivity index (χ2n) is 4.35. The lowest BCUT2D eigenvalue weighted by Gasteiger charge is -2.36. The average molecular weight is 243 g/mol. The van der Waals surface area contributed by atoms with Crippen molar-refractivity contribution in [1.82, 2.24) is 15.1 Å². The minimum absolute atomic E-state index is 0.153. The van der Waals surface area contributed by atoms with E-state index in [0.29, 0.717) is 25.8 Å². The Hall–Kier alpha value is -1.41. The summed E-state index contributed by atoms with van der Waals surface area (Å²) in [5, 5.41) is 16.1. The zero-order valence-electron chi connectivity index (χ0n) is 9.83. The third-order valence-electron chi connectivity index (χ3n) is 2.84. The largest absolute Gasteiger partial charge is 0.376 e. The Morgan fingerprint density at radius 2 is 2.53 bits per heavy atom. The van der Waals surface area contributed by atoms with E-state index in [1.165, 1.54) is 0 Å². The highest BCUT2D eigenvalue weighted by Crippen LogP contribution is 2.14. The molecule has 2 aliphatic heterocycles. The molecule has 1 unspecified atom stereocenters. The van der Waals surface area contributed by atoms with Crippen LogP contribution >= 0.6 is 0 Å². The first-order valence-corrected chi connectivity index (χ1v) is 5.67. The van der Waals surface area contributed by atoms with Crippen LogP contribution in [0.25, 0.3) is 0 Å². The maximum absolute atomic E-state index is 10.4. The van der Waals surface area contributed by atoms with Crippen LogP contribution in [-0.2, 0) is 4.74 Å². The van der Waals surface area contributed by atoms with E-state index in [1.807, 2.05) is 16.8 Å². The van der Waals surface area contributed by atoms with Crippen molar-refractivity contribution in [2.24, 2.45) is 5.10 Å². The quantitative estimate of drug-likeness (QED) is 0.529. The SMILES string of the molecule is CN1CNC(=N[N+](=O)[O-])N(CC2CCCO2)C1. The highest BCUT2D eigenvalue weighted by atomic mass is 16.7. The molecule has 0 bridgehead atoms. The molecule has 0 aliphatic carbocycles. The van der Waals surface area contributed by atoms with Gasteiger partial charge >= 0.3 is 0 Å². The maximum atomic E-state index is 10.4. The van der Waals surface area contributed by atoms with Crippen molar-refractivity contribution >= 4 is 5.96 Å². The molecule has 0 spiro atoms. The van der Waals surface area contributed by atoms with Crippen LogP contribution in [0.1, 0.15) is 12.8 Å². The molecule has 0 aromatic heterocycles. The number of hydrogen-bond acceptors (Lipinski definition) is 4. The maximum Gasteiger partial charge on any atom is 0.273 e. The van der Waals surface area contributed by atoms with Crippen LogP contribution < -0.4 is 5.32 Å². The number of guanidine groups is 1. The van der Waals surface area contributed by atoms with Gasteiger partial charge in [-0.3, -0.25) is 4.90 Å². The molecule has 8 nitrogen and oxygen atoms in total. The van der Waals surface area contributed by atoms with E-state index in [0.717, 1.165) is 19.4 Å². The summed E-state index contributed by atoms with van der Waals surface area (Å²) in [6, 6.07) is 0. The van der Waals surface area contributed by atoms with Gasteiger partial charge in [0.05, 0.1) is 19.4 Å². The molecule has 1 N–H and O–H groups in total. The van der Waals surface area contributed by atoms with Crippen LogP contribution in [-0.4, -0.2) is 60.4 Å². The summed E-state index contributed by atoms with van der Waals surface area (Å²) in [5.41, 5.74) is 0. The lowest BCUT2D eigenvalue weighted by molar-refractivity contribution is -0.486. The van der Waals surface area contributed by atoms with Gasteiger partial charge in [-0.15, -0.1) is 0 Å². The summed E-state index contributed by atoms with van der Waals surface area (Å²) in [5.74, 6) is 0.323. The molecule has 0 saturated carbocycles. The zero-order chi connectivity index (χ0) is 12.3. The zero-order valence-corrected chi connectivity index (χ0v) is 9.83. The van der Waals surface area contributed by atoms with Gasteiger partial charge in [0.2, 0.25) is 0 Å². The second-order valence-corrected chi connectivity index (χ2v) is 4.35. The fraction of sp³-hybridized carbons (Fsp3) is 0.889. The Morgan fingerprint density at radius 1 is 1.71 bits per heavy atom. The molecule has 0 radical (unpaired) electrons. The molecular weight excluding hydrogens is 226 g/mol. The summed E-state index contributed by atoms with van der Waals surface area (Å²) in [7, 11) is 1.94. The molecule has 2 rings (SSSR count). The topological polar surface area (TPSA) is 83.2 Å². The van der Waals surface area contributed by atoms with Gasteiger partial charge in [0.25, 0.3) is 5.96 Å². The molecule has 1 atom stereocenters. The fourth-order valence-corrected chi connectivity index (χ4v) is 2.08. The van der Waals surface area contributed by atoms with Gasteiger partial charge in [-0.1, -0.05) is 0 Å².